The van der Waals surface area contributed by atoms with Crippen molar-refractivity contribution < 1.29 is 4.79 Å². The van der Waals surface area contributed by atoms with Crippen LogP contribution in [0.15, 0.2) is 24.3 Å². The van der Waals surface area contributed by atoms with Crippen molar-refractivity contribution >= 4 is 11.6 Å². The number of hydrogen-bond acceptors (Lipinski definition) is 2. The number of hydrogen-bond donors (Lipinski definition) is 2. The van der Waals surface area contributed by atoms with E-state index in [1.807, 2.05) is 12.1 Å². The second-order valence-electron chi connectivity index (χ2n) is 6.11. The normalized spacial score (nSPS) is 16.9. The van der Waals surface area contributed by atoms with Gasteiger partial charge in [0.25, 0.3) is 0 Å². The number of nitrogens with one attached hydrogen (secondary N) is 2. The predicted molar refractivity (Wildman–Crippen MR) is 84.0 cm³/mol. The van der Waals surface area contributed by atoms with Gasteiger partial charge in [-0.15, -0.1) is 0 Å². The van der Waals surface area contributed by atoms with Crippen LogP contribution in [0.3, 0.4) is 0 Å². The molecule has 1 unspecified atom stereocenters. The molecule has 0 radical (unpaired) electrons. The SMILES string of the molecule is CC(C)CCCCNC(=O)CC1CNc2ccccc21. The van der Waals surface area contributed by atoms with Crippen molar-refractivity contribution in [3.8, 4) is 0 Å². The van der Waals surface area contributed by atoms with E-state index in [4.69, 9.17) is 0 Å². The van der Waals surface area contributed by atoms with E-state index in [1.54, 1.807) is 0 Å². The third-order valence-corrected chi connectivity index (χ3v) is 3.90. The van der Waals surface area contributed by atoms with Crippen molar-refractivity contribution in [2.45, 2.75) is 45.4 Å². The smallest absolute Gasteiger partial charge is 0.220 e. The summed E-state index contributed by atoms with van der Waals surface area (Å²) >= 11 is 0. The van der Waals surface area contributed by atoms with E-state index >= 15 is 0 Å². The molecule has 20 heavy (non-hydrogen) atoms. The van der Waals surface area contributed by atoms with Crippen LogP contribution in [0.1, 0.15) is 51.0 Å². The fourth-order valence-corrected chi connectivity index (χ4v) is 2.74. The molecule has 2 N–H and O–H groups in total. The maximum atomic E-state index is 12.0. The number of carbonyl (C=O) groups excluding carboxylic acids is 1. The van der Waals surface area contributed by atoms with Crippen molar-refractivity contribution in [1.82, 2.24) is 5.32 Å². The van der Waals surface area contributed by atoms with Crippen molar-refractivity contribution in [3.63, 3.8) is 0 Å². The number of amides is 1. The molecule has 0 fully saturated rings. The molecule has 1 atom stereocenters. The summed E-state index contributed by atoms with van der Waals surface area (Å²) < 4.78 is 0. The van der Waals surface area contributed by atoms with E-state index < -0.39 is 0 Å². The Hall–Kier alpha value is -1.51. The summed E-state index contributed by atoms with van der Waals surface area (Å²) in [4.78, 5) is 12.0. The molecule has 0 saturated heterocycles. The maximum Gasteiger partial charge on any atom is 0.220 e. The number of benzene rings is 1. The second-order valence-corrected chi connectivity index (χ2v) is 6.11. The zero-order valence-electron chi connectivity index (χ0n) is 12.6. The summed E-state index contributed by atoms with van der Waals surface area (Å²) in [5, 5.41) is 6.41. The highest BCUT2D eigenvalue weighted by molar-refractivity contribution is 5.78. The summed E-state index contributed by atoms with van der Waals surface area (Å²) in [6.07, 6.45) is 4.12. The van der Waals surface area contributed by atoms with Crippen LogP contribution in [0, 0.1) is 5.92 Å². The van der Waals surface area contributed by atoms with E-state index in [9.17, 15) is 4.79 Å². The molecule has 0 aromatic heterocycles. The molecule has 1 aromatic carbocycles. The molecule has 1 heterocycles. The van der Waals surface area contributed by atoms with Gasteiger partial charge in [-0.05, 0) is 24.0 Å². The average molecular weight is 274 g/mol. The van der Waals surface area contributed by atoms with Gasteiger partial charge in [-0.1, -0.05) is 44.9 Å². The van der Waals surface area contributed by atoms with Crippen LogP contribution in [0.4, 0.5) is 5.69 Å². The van der Waals surface area contributed by atoms with Gasteiger partial charge in [0.15, 0.2) is 0 Å². The third-order valence-electron chi connectivity index (χ3n) is 3.90. The number of rotatable bonds is 7. The first-order chi connectivity index (χ1) is 9.66. The van der Waals surface area contributed by atoms with Gasteiger partial charge in [0.2, 0.25) is 5.91 Å². The van der Waals surface area contributed by atoms with Crippen LogP contribution in [0.25, 0.3) is 0 Å². The Labute approximate surface area is 122 Å². The van der Waals surface area contributed by atoms with Gasteiger partial charge in [-0.2, -0.15) is 0 Å². The summed E-state index contributed by atoms with van der Waals surface area (Å²) in [5.74, 6) is 1.26. The second kappa shape index (κ2) is 7.32. The molecule has 0 aliphatic carbocycles. The third kappa shape index (κ3) is 4.26. The molecule has 110 valence electrons. The van der Waals surface area contributed by atoms with Gasteiger partial charge in [-0.3, -0.25) is 4.79 Å². The number of para-hydroxylation sites is 1. The van der Waals surface area contributed by atoms with E-state index in [0.29, 0.717) is 12.3 Å². The number of unbranched alkanes of at least 4 members (excludes halogenated alkanes) is 1. The molecular weight excluding hydrogens is 248 g/mol. The minimum atomic E-state index is 0.179. The Morgan fingerprint density at radius 1 is 1.35 bits per heavy atom. The topological polar surface area (TPSA) is 41.1 Å². The maximum absolute atomic E-state index is 12.0. The molecular formula is C17H26N2O. The summed E-state index contributed by atoms with van der Waals surface area (Å²) in [6, 6.07) is 8.28. The zero-order chi connectivity index (χ0) is 14.4. The Kier molecular flexibility index (Phi) is 5.45. The summed E-state index contributed by atoms with van der Waals surface area (Å²) in [7, 11) is 0. The van der Waals surface area contributed by atoms with Gasteiger partial charge >= 0.3 is 0 Å². The lowest BCUT2D eigenvalue weighted by Crippen LogP contribution is -2.26. The average Bonchev–Trinajstić information content (AvgIpc) is 2.81. The van der Waals surface area contributed by atoms with Crippen LogP contribution in [-0.4, -0.2) is 19.0 Å². The first-order valence-electron chi connectivity index (χ1n) is 7.76. The Morgan fingerprint density at radius 2 is 2.15 bits per heavy atom. The quantitative estimate of drug-likeness (QED) is 0.747. The van der Waals surface area contributed by atoms with Crippen molar-refractivity contribution in [2.24, 2.45) is 5.92 Å². The largest absolute Gasteiger partial charge is 0.384 e. The highest BCUT2D eigenvalue weighted by atomic mass is 16.1. The van der Waals surface area contributed by atoms with Crippen LogP contribution in [-0.2, 0) is 4.79 Å². The molecule has 1 amide bonds. The van der Waals surface area contributed by atoms with Crippen LogP contribution in [0.5, 0.6) is 0 Å². The lowest BCUT2D eigenvalue weighted by Gasteiger charge is -2.11. The number of carbonyl (C=O) groups is 1. The fourth-order valence-electron chi connectivity index (χ4n) is 2.74. The summed E-state index contributed by atoms with van der Waals surface area (Å²) in [6.45, 7) is 6.17. The molecule has 1 aliphatic heterocycles. The lowest BCUT2D eigenvalue weighted by molar-refractivity contribution is -0.121. The van der Waals surface area contributed by atoms with Crippen LogP contribution >= 0.6 is 0 Å². The molecule has 2 rings (SSSR count). The first kappa shape index (κ1) is 14.9. The van der Waals surface area contributed by atoms with Crippen molar-refractivity contribution in [2.75, 3.05) is 18.4 Å². The van der Waals surface area contributed by atoms with E-state index in [-0.39, 0.29) is 5.91 Å². The minimum Gasteiger partial charge on any atom is -0.384 e. The van der Waals surface area contributed by atoms with Crippen LogP contribution in [0.2, 0.25) is 0 Å². The monoisotopic (exact) mass is 274 g/mol. The van der Waals surface area contributed by atoms with E-state index in [0.717, 1.165) is 25.4 Å². The lowest BCUT2D eigenvalue weighted by atomic mass is 9.97. The van der Waals surface area contributed by atoms with Gasteiger partial charge in [-0.25, -0.2) is 0 Å². The van der Waals surface area contributed by atoms with Crippen molar-refractivity contribution in [3.05, 3.63) is 29.8 Å². The van der Waals surface area contributed by atoms with Gasteiger partial charge in [0, 0.05) is 31.1 Å². The predicted octanol–water partition coefficient (Wildman–Crippen LogP) is 3.53. The standard InChI is InChI=1S/C17H26N2O/c1-13(2)7-5-6-10-18-17(20)11-14-12-19-16-9-4-3-8-15(14)16/h3-4,8-9,13-14,19H,5-7,10-12H2,1-2H3,(H,18,20). The zero-order valence-corrected chi connectivity index (χ0v) is 12.6. The molecule has 0 bridgehead atoms. The fraction of sp³-hybridized carbons (Fsp3) is 0.588. The Balaban J connectivity index is 1.68. The number of anilines is 1. The van der Waals surface area contributed by atoms with E-state index in [1.165, 1.54) is 24.1 Å². The van der Waals surface area contributed by atoms with Gasteiger partial charge in [0.05, 0.1) is 0 Å². The molecule has 3 heteroatoms. The number of fused-ring (bicyclic) bond motifs is 1. The minimum absolute atomic E-state index is 0.179. The molecule has 0 saturated carbocycles. The molecule has 1 aromatic rings. The highest BCUT2D eigenvalue weighted by Crippen LogP contribution is 2.32. The first-order valence-corrected chi connectivity index (χ1v) is 7.76. The Morgan fingerprint density at radius 3 is 2.95 bits per heavy atom. The van der Waals surface area contributed by atoms with E-state index in [2.05, 4.69) is 36.6 Å². The van der Waals surface area contributed by atoms with Gasteiger partial charge < -0.3 is 10.6 Å². The van der Waals surface area contributed by atoms with Crippen molar-refractivity contribution in [1.29, 1.82) is 0 Å². The molecule has 1 aliphatic rings. The van der Waals surface area contributed by atoms with Crippen LogP contribution < -0.4 is 10.6 Å². The van der Waals surface area contributed by atoms with Gasteiger partial charge in [0.1, 0.15) is 0 Å². The molecule has 3 nitrogen and oxygen atoms in total. The molecule has 0 spiro atoms. The Bertz CT molecular complexity index is 442. The highest BCUT2D eigenvalue weighted by Gasteiger charge is 2.23. The summed E-state index contributed by atoms with van der Waals surface area (Å²) in [5.41, 5.74) is 2.46.